The summed E-state index contributed by atoms with van der Waals surface area (Å²) in [5, 5.41) is 0. The molecular formula is C60H56N2. The second-order valence-corrected chi connectivity index (χ2v) is 15.9. The van der Waals surface area contributed by atoms with E-state index < -0.39 is 0 Å². The van der Waals surface area contributed by atoms with E-state index in [0.717, 1.165) is 12.0 Å². The Bertz CT molecular complexity index is 2660. The molecule has 0 aliphatic carbocycles. The van der Waals surface area contributed by atoms with Crippen molar-refractivity contribution >= 4 is 0 Å². The predicted octanol–water partition coefficient (Wildman–Crippen LogP) is 14.8. The van der Waals surface area contributed by atoms with Gasteiger partial charge in [-0.3, -0.25) is 0 Å². The van der Waals surface area contributed by atoms with Gasteiger partial charge >= 0.3 is 0 Å². The van der Waals surface area contributed by atoms with Gasteiger partial charge in [0.2, 0.25) is 0 Å². The highest BCUT2D eigenvalue weighted by molar-refractivity contribution is 5.76. The van der Waals surface area contributed by atoms with E-state index in [1.165, 1.54) is 83.5 Å². The molecule has 0 bridgehead atoms. The van der Waals surface area contributed by atoms with Gasteiger partial charge in [-0.15, -0.1) is 0 Å². The van der Waals surface area contributed by atoms with E-state index in [0.29, 0.717) is 6.54 Å². The van der Waals surface area contributed by atoms with E-state index in [4.69, 9.17) is 11.5 Å². The molecule has 4 N–H and O–H groups in total. The van der Waals surface area contributed by atoms with E-state index in [1.807, 2.05) is 24.3 Å². The SMILES string of the molecule is Cc1cccc(CN)c1.Cc1ccccc1C(N)c1cc(-c2ccccc2)cc(-c2ccccc2)c1.Cc1ccccc1Cc1cc(-c2ccccc2)cc(-c2ccccc2)c1. The van der Waals surface area contributed by atoms with Crippen LogP contribution < -0.4 is 11.5 Å². The van der Waals surface area contributed by atoms with Crippen LogP contribution in [0, 0.1) is 20.8 Å². The minimum absolute atomic E-state index is 0.155. The average Bonchev–Trinajstić information content (AvgIpc) is 3.33. The summed E-state index contributed by atoms with van der Waals surface area (Å²) in [6, 6.07) is 81.0. The molecule has 0 spiro atoms. The second-order valence-electron chi connectivity index (χ2n) is 15.9. The fourth-order valence-electron chi connectivity index (χ4n) is 7.80. The minimum Gasteiger partial charge on any atom is -0.326 e. The zero-order valence-electron chi connectivity index (χ0n) is 36.1. The van der Waals surface area contributed by atoms with Gasteiger partial charge < -0.3 is 11.5 Å². The zero-order valence-corrected chi connectivity index (χ0v) is 36.1. The zero-order chi connectivity index (χ0) is 43.1. The molecule has 0 saturated carbocycles. The molecule has 306 valence electrons. The Labute approximate surface area is 369 Å². The number of hydrogen-bond acceptors (Lipinski definition) is 2. The molecule has 2 heteroatoms. The first kappa shape index (κ1) is 43.0. The molecule has 9 aromatic carbocycles. The summed E-state index contributed by atoms with van der Waals surface area (Å²) in [4.78, 5) is 0. The molecular weight excluding hydrogens is 749 g/mol. The Morgan fingerprint density at radius 3 is 1.19 bits per heavy atom. The maximum Gasteiger partial charge on any atom is 0.0554 e. The highest BCUT2D eigenvalue weighted by Gasteiger charge is 2.15. The van der Waals surface area contributed by atoms with E-state index in [1.54, 1.807) is 0 Å². The average molecular weight is 805 g/mol. The number of rotatable bonds is 9. The van der Waals surface area contributed by atoms with Crippen molar-refractivity contribution in [2.45, 2.75) is 39.8 Å². The van der Waals surface area contributed by atoms with Crippen LogP contribution in [0.5, 0.6) is 0 Å². The molecule has 62 heavy (non-hydrogen) atoms. The van der Waals surface area contributed by atoms with Crippen LogP contribution >= 0.6 is 0 Å². The Hall–Kier alpha value is -7.10. The van der Waals surface area contributed by atoms with Gasteiger partial charge in [0.05, 0.1) is 6.04 Å². The summed E-state index contributed by atoms with van der Waals surface area (Å²) in [7, 11) is 0. The third kappa shape index (κ3) is 11.6. The van der Waals surface area contributed by atoms with Crippen molar-refractivity contribution in [3.63, 3.8) is 0 Å². The molecule has 0 aromatic heterocycles. The molecule has 0 fully saturated rings. The molecule has 2 nitrogen and oxygen atoms in total. The minimum atomic E-state index is -0.155. The second kappa shape index (κ2) is 21.4. The summed E-state index contributed by atoms with van der Waals surface area (Å²) >= 11 is 0. The molecule has 0 amide bonds. The number of benzene rings is 9. The van der Waals surface area contributed by atoms with Crippen molar-refractivity contribution < 1.29 is 0 Å². The smallest absolute Gasteiger partial charge is 0.0554 e. The monoisotopic (exact) mass is 804 g/mol. The quantitative estimate of drug-likeness (QED) is 0.153. The van der Waals surface area contributed by atoms with Crippen molar-refractivity contribution in [1.82, 2.24) is 0 Å². The maximum atomic E-state index is 6.71. The van der Waals surface area contributed by atoms with Crippen LogP contribution in [-0.2, 0) is 13.0 Å². The molecule has 0 aliphatic heterocycles. The summed E-state index contributed by atoms with van der Waals surface area (Å²) in [5.74, 6) is 0. The van der Waals surface area contributed by atoms with Crippen LogP contribution in [0.4, 0.5) is 0 Å². The van der Waals surface area contributed by atoms with Crippen molar-refractivity contribution in [2.24, 2.45) is 11.5 Å². The molecule has 0 aliphatic rings. The molecule has 9 rings (SSSR count). The standard InChI is InChI=1S/C26H23N.C26H22.C8H11N/c1-19-10-8-9-15-25(19)26(27)24-17-22(20-11-4-2-5-12-20)16-23(18-24)21-13-6-3-7-14-21;1-20-10-8-9-15-24(20)16-21-17-25(22-11-4-2-5-12-22)19-26(18-21)23-13-6-3-7-14-23;1-7-3-2-4-8(5-7)6-9/h2-18,26H,27H2,1H3;2-15,17-19H,16H2,1H3;2-5H,6,9H2,1H3. The Balaban J connectivity index is 0.000000156. The predicted molar refractivity (Wildman–Crippen MR) is 265 cm³/mol. The molecule has 1 unspecified atom stereocenters. The largest absolute Gasteiger partial charge is 0.326 e. The molecule has 9 aromatic rings. The molecule has 0 heterocycles. The Morgan fingerprint density at radius 1 is 0.355 bits per heavy atom. The molecule has 0 radical (unpaired) electrons. The van der Waals surface area contributed by atoms with Crippen molar-refractivity contribution in [2.75, 3.05) is 0 Å². The third-order valence-corrected chi connectivity index (χ3v) is 11.2. The van der Waals surface area contributed by atoms with Crippen LogP contribution in [0.2, 0.25) is 0 Å². The summed E-state index contributed by atoms with van der Waals surface area (Å²) in [5.41, 5.74) is 32.1. The van der Waals surface area contributed by atoms with Crippen molar-refractivity contribution in [1.29, 1.82) is 0 Å². The van der Waals surface area contributed by atoms with E-state index >= 15 is 0 Å². The van der Waals surface area contributed by atoms with Gasteiger partial charge in [0.1, 0.15) is 0 Å². The number of aryl methyl sites for hydroxylation is 3. The lowest BCUT2D eigenvalue weighted by atomic mass is 9.90. The van der Waals surface area contributed by atoms with Gasteiger partial charge in [0.15, 0.2) is 0 Å². The lowest BCUT2D eigenvalue weighted by Gasteiger charge is -2.18. The normalized spacial score (nSPS) is 11.0. The number of hydrogen-bond donors (Lipinski definition) is 2. The van der Waals surface area contributed by atoms with Crippen molar-refractivity contribution in [3.05, 3.63) is 275 Å². The lowest BCUT2D eigenvalue weighted by molar-refractivity contribution is 0.862. The van der Waals surface area contributed by atoms with Gasteiger partial charge in [-0.2, -0.15) is 0 Å². The molecule has 1 atom stereocenters. The van der Waals surface area contributed by atoms with Gasteiger partial charge in [0, 0.05) is 6.54 Å². The lowest BCUT2D eigenvalue weighted by Crippen LogP contribution is -2.13. The van der Waals surface area contributed by atoms with Crippen LogP contribution in [0.15, 0.2) is 231 Å². The Morgan fingerprint density at radius 2 is 0.774 bits per heavy atom. The highest BCUT2D eigenvalue weighted by Crippen LogP contribution is 2.33. The van der Waals surface area contributed by atoms with Crippen LogP contribution in [0.25, 0.3) is 44.5 Å². The fourth-order valence-corrected chi connectivity index (χ4v) is 7.80. The van der Waals surface area contributed by atoms with E-state index in [2.05, 4.69) is 227 Å². The summed E-state index contributed by atoms with van der Waals surface area (Å²) < 4.78 is 0. The topological polar surface area (TPSA) is 52.0 Å². The van der Waals surface area contributed by atoms with Crippen LogP contribution in [0.1, 0.15) is 50.5 Å². The summed E-state index contributed by atoms with van der Waals surface area (Å²) in [6.45, 7) is 7.02. The first-order chi connectivity index (χ1) is 30.3. The van der Waals surface area contributed by atoms with E-state index in [9.17, 15) is 0 Å². The fraction of sp³-hybridized carbons (Fsp3) is 0.100. The highest BCUT2D eigenvalue weighted by atomic mass is 14.6. The van der Waals surface area contributed by atoms with Gasteiger partial charge in [-0.05, 0) is 135 Å². The summed E-state index contributed by atoms with van der Waals surface area (Å²) in [6.07, 6.45) is 0.952. The van der Waals surface area contributed by atoms with Crippen molar-refractivity contribution in [3.8, 4) is 44.5 Å². The van der Waals surface area contributed by atoms with Crippen LogP contribution in [-0.4, -0.2) is 0 Å². The Kier molecular flexibility index (Phi) is 14.9. The van der Waals surface area contributed by atoms with Gasteiger partial charge in [-0.25, -0.2) is 0 Å². The van der Waals surface area contributed by atoms with Crippen LogP contribution in [0.3, 0.4) is 0 Å². The van der Waals surface area contributed by atoms with Gasteiger partial charge in [0.25, 0.3) is 0 Å². The van der Waals surface area contributed by atoms with E-state index in [-0.39, 0.29) is 6.04 Å². The number of nitrogens with two attached hydrogens (primary N) is 2. The first-order valence-corrected chi connectivity index (χ1v) is 21.5. The molecule has 0 saturated heterocycles. The first-order valence-electron chi connectivity index (χ1n) is 21.5. The third-order valence-electron chi connectivity index (χ3n) is 11.2. The van der Waals surface area contributed by atoms with Gasteiger partial charge in [-0.1, -0.05) is 212 Å². The maximum absolute atomic E-state index is 6.71.